The van der Waals surface area contributed by atoms with Crippen LogP contribution in [0.15, 0.2) is 16.6 Å². The first-order chi connectivity index (χ1) is 7.72. The topological polar surface area (TPSA) is 27.7 Å². The number of halogens is 2. The van der Waals surface area contributed by atoms with Gasteiger partial charge in [-0.25, -0.2) is 0 Å². The minimum atomic E-state index is 0.499. The molecular formula is C11H14Br2O3. The molecule has 0 aliphatic heterocycles. The Morgan fingerprint density at radius 3 is 2.50 bits per heavy atom. The van der Waals surface area contributed by atoms with Gasteiger partial charge in [0.15, 0.2) is 11.5 Å². The summed E-state index contributed by atoms with van der Waals surface area (Å²) in [4.78, 5) is 0. The maximum absolute atomic E-state index is 5.59. The lowest BCUT2D eigenvalue weighted by atomic mass is 10.2. The van der Waals surface area contributed by atoms with Crippen LogP contribution < -0.4 is 9.47 Å². The maximum Gasteiger partial charge on any atom is 0.175 e. The van der Waals surface area contributed by atoms with E-state index in [2.05, 4.69) is 31.9 Å². The number of ether oxygens (including phenoxy) is 3. The number of hydrogen-bond donors (Lipinski definition) is 0. The van der Waals surface area contributed by atoms with E-state index in [1.54, 1.807) is 14.2 Å². The van der Waals surface area contributed by atoms with E-state index in [0.717, 1.165) is 21.1 Å². The monoisotopic (exact) mass is 352 g/mol. The fourth-order valence-electron chi connectivity index (χ4n) is 1.22. The third-order valence-electron chi connectivity index (χ3n) is 1.98. The number of rotatable bonds is 6. The number of alkyl halides is 1. The summed E-state index contributed by atoms with van der Waals surface area (Å²) in [5.41, 5.74) is 1.13. The predicted molar refractivity (Wildman–Crippen MR) is 70.7 cm³/mol. The molecule has 0 bridgehead atoms. The highest BCUT2D eigenvalue weighted by Crippen LogP contribution is 2.37. The minimum absolute atomic E-state index is 0.499. The highest BCUT2D eigenvalue weighted by molar-refractivity contribution is 9.10. The Bertz CT molecular complexity index is 342. The molecule has 3 nitrogen and oxygen atoms in total. The van der Waals surface area contributed by atoms with E-state index in [1.807, 2.05) is 12.1 Å². The lowest BCUT2D eigenvalue weighted by Crippen LogP contribution is -2.06. The summed E-state index contributed by atoms with van der Waals surface area (Å²) >= 11 is 6.87. The zero-order valence-electron chi connectivity index (χ0n) is 9.26. The van der Waals surface area contributed by atoms with Crippen LogP contribution in [0.1, 0.15) is 5.56 Å². The quantitative estimate of drug-likeness (QED) is 0.579. The Morgan fingerprint density at radius 1 is 1.19 bits per heavy atom. The van der Waals surface area contributed by atoms with E-state index in [-0.39, 0.29) is 0 Å². The van der Waals surface area contributed by atoms with Gasteiger partial charge in [-0.05, 0) is 33.6 Å². The van der Waals surface area contributed by atoms with Crippen LogP contribution in [0.3, 0.4) is 0 Å². The summed E-state index contributed by atoms with van der Waals surface area (Å²) < 4.78 is 16.7. The molecule has 0 fully saturated rings. The van der Waals surface area contributed by atoms with Crippen molar-refractivity contribution in [3.63, 3.8) is 0 Å². The second-order valence-electron chi connectivity index (χ2n) is 3.08. The summed E-state index contributed by atoms with van der Waals surface area (Å²) in [7, 11) is 3.27. The van der Waals surface area contributed by atoms with Crippen LogP contribution in [-0.4, -0.2) is 27.4 Å². The van der Waals surface area contributed by atoms with Crippen molar-refractivity contribution in [3.05, 3.63) is 22.2 Å². The van der Waals surface area contributed by atoms with E-state index in [1.165, 1.54) is 0 Å². The lowest BCUT2D eigenvalue weighted by molar-refractivity contribution is 0.143. The van der Waals surface area contributed by atoms with Crippen molar-refractivity contribution in [1.82, 2.24) is 0 Å². The van der Waals surface area contributed by atoms with Gasteiger partial charge in [0.05, 0.1) is 18.2 Å². The average molecular weight is 354 g/mol. The Kier molecular flexibility index (Phi) is 6.16. The molecule has 1 rings (SSSR count). The normalized spacial score (nSPS) is 10.2. The molecule has 0 spiro atoms. The first kappa shape index (κ1) is 13.8. The SMILES string of the molecule is COCCOc1c(Br)cc(CBr)cc1OC. The van der Waals surface area contributed by atoms with Gasteiger partial charge < -0.3 is 14.2 Å². The third kappa shape index (κ3) is 3.64. The largest absolute Gasteiger partial charge is 0.493 e. The molecular weight excluding hydrogens is 340 g/mol. The Balaban J connectivity index is 2.88. The first-order valence-electron chi connectivity index (χ1n) is 4.77. The first-order valence-corrected chi connectivity index (χ1v) is 6.68. The molecule has 0 atom stereocenters. The van der Waals surface area contributed by atoms with E-state index in [9.17, 15) is 0 Å². The molecule has 0 saturated carbocycles. The van der Waals surface area contributed by atoms with Gasteiger partial charge in [-0.15, -0.1) is 0 Å². The van der Waals surface area contributed by atoms with E-state index >= 15 is 0 Å². The maximum atomic E-state index is 5.59. The van der Waals surface area contributed by atoms with Gasteiger partial charge in [0.25, 0.3) is 0 Å². The molecule has 1 aromatic carbocycles. The molecule has 0 amide bonds. The van der Waals surface area contributed by atoms with E-state index in [0.29, 0.717) is 19.0 Å². The summed E-state index contributed by atoms with van der Waals surface area (Å²) in [5, 5.41) is 0.778. The van der Waals surface area contributed by atoms with Crippen LogP contribution in [0.5, 0.6) is 11.5 Å². The van der Waals surface area contributed by atoms with Crippen molar-refractivity contribution in [3.8, 4) is 11.5 Å². The summed E-state index contributed by atoms with van der Waals surface area (Å²) in [5.74, 6) is 1.43. The van der Waals surface area contributed by atoms with Gasteiger partial charge in [-0.2, -0.15) is 0 Å². The van der Waals surface area contributed by atoms with Crippen molar-refractivity contribution in [1.29, 1.82) is 0 Å². The standard InChI is InChI=1S/C11H14Br2O3/c1-14-3-4-16-11-9(13)5-8(7-12)6-10(11)15-2/h5-6H,3-4,7H2,1-2H3. The highest BCUT2D eigenvalue weighted by Gasteiger charge is 2.11. The third-order valence-corrected chi connectivity index (χ3v) is 3.21. The van der Waals surface area contributed by atoms with Gasteiger partial charge in [0.1, 0.15) is 6.61 Å². The molecule has 16 heavy (non-hydrogen) atoms. The fourth-order valence-corrected chi connectivity index (χ4v) is 2.15. The Labute approximate surface area is 112 Å². The zero-order chi connectivity index (χ0) is 12.0. The molecule has 0 unspecified atom stereocenters. The fraction of sp³-hybridized carbons (Fsp3) is 0.455. The van der Waals surface area contributed by atoms with Crippen molar-refractivity contribution in [2.45, 2.75) is 5.33 Å². The van der Waals surface area contributed by atoms with Crippen LogP contribution >= 0.6 is 31.9 Å². The second-order valence-corrected chi connectivity index (χ2v) is 4.50. The van der Waals surface area contributed by atoms with E-state index in [4.69, 9.17) is 14.2 Å². The number of hydrogen-bond acceptors (Lipinski definition) is 3. The molecule has 0 aliphatic carbocycles. The minimum Gasteiger partial charge on any atom is -0.493 e. The van der Waals surface area contributed by atoms with Gasteiger partial charge in [-0.3, -0.25) is 0 Å². The van der Waals surface area contributed by atoms with Gasteiger partial charge in [0.2, 0.25) is 0 Å². The van der Waals surface area contributed by atoms with Crippen LogP contribution in [0.4, 0.5) is 0 Å². The van der Waals surface area contributed by atoms with Crippen molar-refractivity contribution < 1.29 is 14.2 Å². The summed E-state index contributed by atoms with van der Waals surface area (Å²) in [6.45, 7) is 1.05. The Hall–Kier alpha value is -0.260. The van der Waals surface area contributed by atoms with Crippen molar-refractivity contribution in [2.75, 3.05) is 27.4 Å². The summed E-state index contributed by atoms with van der Waals surface area (Å²) in [6.07, 6.45) is 0. The number of benzene rings is 1. The van der Waals surface area contributed by atoms with Crippen LogP contribution in [0.2, 0.25) is 0 Å². The molecule has 0 saturated heterocycles. The smallest absolute Gasteiger partial charge is 0.175 e. The molecule has 0 aromatic heterocycles. The predicted octanol–water partition coefficient (Wildman–Crippen LogP) is 3.38. The van der Waals surface area contributed by atoms with Gasteiger partial charge in [0, 0.05) is 12.4 Å². The van der Waals surface area contributed by atoms with Gasteiger partial charge in [-0.1, -0.05) is 15.9 Å². The Morgan fingerprint density at radius 2 is 1.94 bits per heavy atom. The summed E-state index contributed by atoms with van der Waals surface area (Å²) in [6, 6.07) is 3.95. The highest BCUT2D eigenvalue weighted by atomic mass is 79.9. The van der Waals surface area contributed by atoms with Crippen molar-refractivity contribution >= 4 is 31.9 Å². The number of methoxy groups -OCH3 is 2. The molecule has 1 aromatic rings. The second kappa shape index (κ2) is 7.14. The van der Waals surface area contributed by atoms with Crippen LogP contribution in [-0.2, 0) is 10.1 Å². The molecule has 0 N–H and O–H groups in total. The van der Waals surface area contributed by atoms with E-state index < -0.39 is 0 Å². The molecule has 5 heteroatoms. The average Bonchev–Trinajstić information content (AvgIpc) is 2.30. The van der Waals surface area contributed by atoms with Crippen LogP contribution in [0.25, 0.3) is 0 Å². The lowest BCUT2D eigenvalue weighted by Gasteiger charge is -2.13. The molecule has 0 radical (unpaired) electrons. The molecule has 0 aliphatic rings. The van der Waals surface area contributed by atoms with Crippen molar-refractivity contribution in [2.24, 2.45) is 0 Å². The molecule has 90 valence electrons. The zero-order valence-corrected chi connectivity index (χ0v) is 12.4. The van der Waals surface area contributed by atoms with Gasteiger partial charge >= 0.3 is 0 Å². The molecule has 0 heterocycles. The van der Waals surface area contributed by atoms with Crippen LogP contribution in [0, 0.1) is 0 Å².